The number of rotatable bonds is 5. The number of hydrogen-bond donors (Lipinski definition) is 2. The van der Waals surface area contributed by atoms with Crippen molar-refractivity contribution in [3.63, 3.8) is 0 Å². The highest BCUT2D eigenvalue weighted by molar-refractivity contribution is 6.32. The zero-order chi connectivity index (χ0) is 14.6. The van der Waals surface area contributed by atoms with E-state index in [1.54, 1.807) is 13.8 Å². The number of nitrogens with zero attached hydrogens (tertiary/aromatic N) is 1. The van der Waals surface area contributed by atoms with Crippen LogP contribution in [0, 0.1) is 5.82 Å². The van der Waals surface area contributed by atoms with Crippen molar-refractivity contribution in [3.05, 3.63) is 28.8 Å². The van der Waals surface area contributed by atoms with Gasteiger partial charge in [0.1, 0.15) is 16.5 Å². The minimum atomic E-state index is -1.40. The first kappa shape index (κ1) is 15.4. The van der Waals surface area contributed by atoms with E-state index in [0.717, 1.165) is 12.3 Å². The number of carbonyl (C=O) groups is 2. The van der Waals surface area contributed by atoms with E-state index in [1.165, 1.54) is 0 Å². The number of carboxylic acid groups (broad SMARTS) is 1. The normalized spacial score (nSPS) is 11.2. The molecule has 19 heavy (non-hydrogen) atoms. The van der Waals surface area contributed by atoms with Gasteiger partial charge in [-0.3, -0.25) is 4.79 Å². The molecule has 7 heteroatoms. The van der Waals surface area contributed by atoms with E-state index in [9.17, 15) is 19.1 Å². The lowest BCUT2D eigenvalue weighted by atomic mass is 9.92. The highest BCUT2D eigenvalue weighted by Crippen LogP contribution is 2.19. The second-order valence-corrected chi connectivity index (χ2v) is 4.40. The Morgan fingerprint density at radius 3 is 2.53 bits per heavy atom. The molecule has 1 rings (SSSR count). The lowest BCUT2D eigenvalue weighted by Gasteiger charge is -2.28. The molecule has 0 radical (unpaired) electrons. The minimum absolute atomic E-state index is 0.176. The molecule has 0 fully saturated rings. The summed E-state index contributed by atoms with van der Waals surface area (Å²) in [7, 11) is 0. The molecule has 0 aliphatic heterocycles. The quantitative estimate of drug-likeness (QED) is 0.815. The van der Waals surface area contributed by atoms with Crippen LogP contribution in [0.1, 0.15) is 37.0 Å². The summed E-state index contributed by atoms with van der Waals surface area (Å²) in [6.07, 6.45) is 1.28. The third kappa shape index (κ3) is 3.20. The van der Waals surface area contributed by atoms with Gasteiger partial charge in [0.25, 0.3) is 5.91 Å². The molecular weight excluding hydrogens is 275 g/mol. The molecule has 1 heterocycles. The molecule has 1 aromatic rings. The molecule has 0 aliphatic carbocycles. The van der Waals surface area contributed by atoms with E-state index < -0.39 is 23.2 Å². The maximum atomic E-state index is 13.0. The Labute approximate surface area is 114 Å². The van der Waals surface area contributed by atoms with E-state index in [1.807, 2.05) is 0 Å². The van der Waals surface area contributed by atoms with Crippen molar-refractivity contribution >= 4 is 23.5 Å². The molecule has 5 nitrogen and oxygen atoms in total. The van der Waals surface area contributed by atoms with Gasteiger partial charge in [0.15, 0.2) is 0 Å². The minimum Gasteiger partial charge on any atom is -0.480 e. The van der Waals surface area contributed by atoms with Crippen LogP contribution in [0.3, 0.4) is 0 Å². The standard InChI is InChI=1S/C12H14ClFN2O3/c1-3-12(4-2,11(18)19)16-10(17)8-5-7(14)6-15-9(8)13/h5-6H,3-4H2,1-2H3,(H,16,17)(H,18,19). The molecule has 1 amide bonds. The smallest absolute Gasteiger partial charge is 0.329 e. The van der Waals surface area contributed by atoms with Crippen molar-refractivity contribution < 1.29 is 19.1 Å². The molecule has 0 aromatic carbocycles. The van der Waals surface area contributed by atoms with Crippen molar-refractivity contribution in [1.29, 1.82) is 0 Å². The average molecular weight is 289 g/mol. The van der Waals surface area contributed by atoms with Crippen LogP contribution in [-0.4, -0.2) is 27.5 Å². The van der Waals surface area contributed by atoms with E-state index in [2.05, 4.69) is 10.3 Å². The van der Waals surface area contributed by atoms with Crippen molar-refractivity contribution in [2.75, 3.05) is 0 Å². The second-order valence-electron chi connectivity index (χ2n) is 4.04. The first-order chi connectivity index (χ1) is 8.86. The molecule has 0 spiro atoms. The van der Waals surface area contributed by atoms with Crippen LogP contribution in [0.4, 0.5) is 4.39 Å². The van der Waals surface area contributed by atoms with Gasteiger partial charge in [-0.2, -0.15) is 0 Å². The van der Waals surface area contributed by atoms with Crippen molar-refractivity contribution in [2.24, 2.45) is 0 Å². The Bertz CT molecular complexity index is 504. The van der Waals surface area contributed by atoms with Crippen LogP contribution in [-0.2, 0) is 4.79 Å². The van der Waals surface area contributed by atoms with Crippen molar-refractivity contribution in [1.82, 2.24) is 10.3 Å². The van der Waals surface area contributed by atoms with Crippen LogP contribution < -0.4 is 5.32 Å². The Kier molecular flexibility index (Phi) is 4.83. The van der Waals surface area contributed by atoms with Gasteiger partial charge in [0.2, 0.25) is 0 Å². The molecule has 0 bridgehead atoms. The third-order valence-electron chi connectivity index (χ3n) is 3.02. The summed E-state index contributed by atoms with van der Waals surface area (Å²) < 4.78 is 13.0. The molecule has 0 saturated heterocycles. The Hall–Kier alpha value is -1.69. The molecule has 0 saturated carbocycles. The van der Waals surface area contributed by atoms with Gasteiger partial charge in [-0.05, 0) is 18.9 Å². The van der Waals surface area contributed by atoms with Gasteiger partial charge >= 0.3 is 5.97 Å². The van der Waals surface area contributed by atoms with Crippen LogP contribution in [0.15, 0.2) is 12.3 Å². The number of halogens is 2. The Morgan fingerprint density at radius 1 is 1.47 bits per heavy atom. The number of carboxylic acids is 1. The highest BCUT2D eigenvalue weighted by Gasteiger charge is 2.37. The van der Waals surface area contributed by atoms with Gasteiger partial charge in [-0.1, -0.05) is 25.4 Å². The fourth-order valence-electron chi connectivity index (χ4n) is 1.65. The van der Waals surface area contributed by atoms with E-state index in [0.29, 0.717) is 0 Å². The maximum Gasteiger partial charge on any atom is 0.329 e. The maximum absolute atomic E-state index is 13.0. The van der Waals surface area contributed by atoms with Gasteiger partial charge in [-0.25, -0.2) is 14.2 Å². The second kappa shape index (κ2) is 5.97. The number of amides is 1. The monoisotopic (exact) mass is 288 g/mol. The molecule has 0 aliphatic rings. The summed E-state index contributed by atoms with van der Waals surface area (Å²) >= 11 is 5.70. The zero-order valence-corrected chi connectivity index (χ0v) is 11.3. The lowest BCUT2D eigenvalue weighted by molar-refractivity contribution is -0.144. The largest absolute Gasteiger partial charge is 0.480 e. The summed E-state index contributed by atoms with van der Waals surface area (Å²) in [6.45, 7) is 3.28. The fourth-order valence-corrected chi connectivity index (χ4v) is 1.84. The van der Waals surface area contributed by atoms with Crippen molar-refractivity contribution in [3.8, 4) is 0 Å². The summed E-state index contributed by atoms with van der Waals surface area (Å²) in [6, 6.07) is 0.919. The number of nitrogens with one attached hydrogen (secondary N) is 1. The van der Waals surface area contributed by atoms with Gasteiger partial charge in [-0.15, -0.1) is 0 Å². The number of aromatic nitrogens is 1. The van der Waals surface area contributed by atoms with E-state index in [-0.39, 0.29) is 23.6 Å². The van der Waals surface area contributed by atoms with Gasteiger partial charge in [0.05, 0.1) is 11.8 Å². The molecule has 0 unspecified atom stereocenters. The lowest BCUT2D eigenvalue weighted by Crippen LogP contribution is -2.53. The predicted molar refractivity (Wildman–Crippen MR) is 67.6 cm³/mol. The molecule has 1 aromatic heterocycles. The first-order valence-electron chi connectivity index (χ1n) is 5.73. The fraction of sp³-hybridized carbons (Fsp3) is 0.417. The molecule has 2 N–H and O–H groups in total. The van der Waals surface area contributed by atoms with E-state index in [4.69, 9.17) is 11.6 Å². The van der Waals surface area contributed by atoms with Crippen LogP contribution >= 0.6 is 11.6 Å². The molecule has 0 atom stereocenters. The third-order valence-corrected chi connectivity index (χ3v) is 3.32. The summed E-state index contributed by atoms with van der Waals surface area (Å²) in [5.74, 6) is -2.63. The summed E-state index contributed by atoms with van der Waals surface area (Å²) in [4.78, 5) is 26.8. The number of pyridine rings is 1. The average Bonchev–Trinajstić information content (AvgIpc) is 2.38. The summed E-state index contributed by atoms with van der Waals surface area (Å²) in [5.41, 5.74) is -1.58. The first-order valence-corrected chi connectivity index (χ1v) is 6.11. The van der Waals surface area contributed by atoms with Crippen LogP contribution in [0.2, 0.25) is 5.15 Å². The number of carbonyl (C=O) groups excluding carboxylic acids is 1. The molecule has 104 valence electrons. The Morgan fingerprint density at radius 2 is 2.05 bits per heavy atom. The molecular formula is C12H14ClFN2O3. The SMILES string of the molecule is CCC(CC)(NC(=O)c1cc(F)cnc1Cl)C(=O)O. The Balaban J connectivity index is 3.07. The number of hydrogen-bond acceptors (Lipinski definition) is 3. The predicted octanol–water partition coefficient (Wildman–Crippen LogP) is 2.25. The topological polar surface area (TPSA) is 79.3 Å². The van der Waals surface area contributed by atoms with Crippen molar-refractivity contribution in [2.45, 2.75) is 32.2 Å². The van der Waals surface area contributed by atoms with Gasteiger partial charge in [0, 0.05) is 0 Å². The van der Waals surface area contributed by atoms with E-state index >= 15 is 0 Å². The van der Waals surface area contributed by atoms with Crippen LogP contribution in [0.25, 0.3) is 0 Å². The zero-order valence-electron chi connectivity index (χ0n) is 10.5. The number of aliphatic carboxylic acids is 1. The highest BCUT2D eigenvalue weighted by atomic mass is 35.5. The van der Waals surface area contributed by atoms with Crippen LogP contribution in [0.5, 0.6) is 0 Å². The van der Waals surface area contributed by atoms with Gasteiger partial charge < -0.3 is 10.4 Å². The summed E-state index contributed by atoms with van der Waals surface area (Å²) in [5, 5.41) is 11.4.